The minimum absolute atomic E-state index is 0.00705. The van der Waals surface area contributed by atoms with E-state index in [0.29, 0.717) is 6.42 Å². The highest BCUT2D eigenvalue weighted by molar-refractivity contribution is 7.94. The van der Waals surface area contributed by atoms with Gasteiger partial charge >= 0.3 is 0 Å². The molecule has 1 heterocycles. The molecule has 0 atom stereocenters. The van der Waals surface area contributed by atoms with E-state index in [9.17, 15) is 21.6 Å². The molecule has 28 heavy (non-hydrogen) atoms. The molecule has 1 N–H and O–H groups in total. The summed E-state index contributed by atoms with van der Waals surface area (Å²) in [5, 5.41) is 0. The van der Waals surface area contributed by atoms with Crippen molar-refractivity contribution in [2.24, 2.45) is 5.41 Å². The van der Waals surface area contributed by atoms with Crippen molar-refractivity contribution >= 4 is 31.6 Å². The van der Waals surface area contributed by atoms with Gasteiger partial charge in [0.2, 0.25) is 26.0 Å². The van der Waals surface area contributed by atoms with Crippen LogP contribution in [0.15, 0.2) is 59.5 Å². The zero-order valence-electron chi connectivity index (χ0n) is 15.6. The third-order valence-corrected chi connectivity index (χ3v) is 8.01. The number of nitrogens with zero attached hydrogens (tertiary/aromatic N) is 1. The van der Waals surface area contributed by atoms with E-state index in [-0.39, 0.29) is 22.9 Å². The number of rotatable bonds is 6. The molecule has 150 valence electrons. The van der Waals surface area contributed by atoms with Crippen molar-refractivity contribution in [1.29, 1.82) is 0 Å². The monoisotopic (exact) mass is 422 g/mol. The van der Waals surface area contributed by atoms with E-state index >= 15 is 0 Å². The molecule has 1 fully saturated rings. The maximum absolute atomic E-state index is 12.4. The number of anilines is 1. The van der Waals surface area contributed by atoms with E-state index in [1.165, 1.54) is 24.3 Å². The molecule has 0 saturated carbocycles. The highest BCUT2D eigenvalue weighted by Crippen LogP contribution is 2.35. The lowest BCUT2D eigenvalue weighted by Crippen LogP contribution is -2.33. The lowest BCUT2D eigenvalue weighted by atomic mass is 9.95. The van der Waals surface area contributed by atoms with Gasteiger partial charge in [-0.05, 0) is 50.1 Å². The van der Waals surface area contributed by atoms with E-state index < -0.39 is 31.4 Å². The fourth-order valence-electron chi connectivity index (χ4n) is 3.08. The van der Waals surface area contributed by atoms with E-state index in [0.717, 1.165) is 9.87 Å². The summed E-state index contributed by atoms with van der Waals surface area (Å²) in [5.41, 5.74) is 0.141. The van der Waals surface area contributed by atoms with Crippen LogP contribution >= 0.6 is 0 Å². The average Bonchev–Trinajstić information content (AvgIpc) is 2.78. The van der Waals surface area contributed by atoms with E-state index in [1.807, 2.05) is 30.3 Å². The molecular weight excluding hydrogens is 400 g/mol. The summed E-state index contributed by atoms with van der Waals surface area (Å²) >= 11 is 0. The minimum Gasteiger partial charge on any atom is -0.273 e. The van der Waals surface area contributed by atoms with Crippen LogP contribution in [0.3, 0.4) is 0 Å². The number of sulfonamides is 2. The molecule has 1 aliphatic rings. The Balaban J connectivity index is 1.74. The third kappa shape index (κ3) is 4.11. The molecule has 1 amide bonds. The summed E-state index contributed by atoms with van der Waals surface area (Å²) < 4.78 is 52.8. The van der Waals surface area contributed by atoms with Crippen LogP contribution in [0.5, 0.6) is 0 Å². The predicted octanol–water partition coefficient (Wildman–Crippen LogP) is 1.91. The van der Waals surface area contributed by atoms with Crippen LogP contribution in [0.1, 0.15) is 19.4 Å². The van der Waals surface area contributed by atoms with Crippen molar-refractivity contribution in [3.8, 4) is 0 Å². The van der Waals surface area contributed by atoms with Crippen molar-refractivity contribution in [1.82, 2.24) is 4.72 Å². The standard InChI is InChI=1S/C19H22N2O5S2/c1-19(2)14-27(23,24)21(18(19)22)16-8-10-17(11-9-16)28(25,26)20-13-12-15-6-4-3-5-7-15/h3-11,20H,12-14H2,1-2H3. The smallest absolute Gasteiger partial charge is 0.247 e. The summed E-state index contributed by atoms with van der Waals surface area (Å²) in [7, 11) is -7.51. The fourth-order valence-corrected chi connectivity index (χ4v) is 6.22. The second-order valence-corrected chi connectivity index (χ2v) is 10.9. The molecule has 0 unspecified atom stereocenters. The largest absolute Gasteiger partial charge is 0.273 e. The van der Waals surface area contributed by atoms with Crippen LogP contribution in [0.4, 0.5) is 5.69 Å². The molecule has 0 spiro atoms. The Kier molecular flexibility index (Phi) is 5.35. The first-order valence-corrected chi connectivity index (χ1v) is 11.8. The molecule has 1 saturated heterocycles. The molecular formula is C19H22N2O5S2. The zero-order chi connectivity index (χ0) is 20.6. The van der Waals surface area contributed by atoms with Gasteiger partial charge in [-0.25, -0.2) is 25.9 Å². The van der Waals surface area contributed by atoms with Gasteiger partial charge in [-0.15, -0.1) is 0 Å². The van der Waals surface area contributed by atoms with Gasteiger partial charge in [0.15, 0.2) is 0 Å². The lowest BCUT2D eigenvalue weighted by Gasteiger charge is -2.17. The molecule has 9 heteroatoms. The normalized spacial score (nSPS) is 18.4. The summed E-state index contributed by atoms with van der Waals surface area (Å²) in [6, 6.07) is 14.8. The number of amides is 1. The number of carbonyl (C=O) groups is 1. The summed E-state index contributed by atoms with van der Waals surface area (Å²) in [5.74, 6) is -0.802. The quantitative estimate of drug-likeness (QED) is 0.766. The van der Waals surface area contributed by atoms with Gasteiger partial charge in [0.05, 0.1) is 21.8 Å². The van der Waals surface area contributed by atoms with Crippen molar-refractivity contribution < 1.29 is 21.6 Å². The summed E-state index contributed by atoms with van der Waals surface area (Å²) in [6.07, 6.45) is 0.549. The molecule has 7 nitrogen and oxygen atoms in total. The first-order valence-electron chi connectivity index (χ1n) is 8.74. The summed E-state index contributed by atoms with van der Waals surface area (Å²) in [6.45, 7) is 3.38. The molecule has 0 aromatic heterocycles. The maximum atomic E-state index is 12.4. The number of benzene rings is 2. The lowest BCUT2D eigenvalue weighted by molar-refractivity contribution is -0.123. The fraction of sp³-hybridized carbons (Fsp3) is 0.316. The van der Waals surface area contributed by atoms with Crippen molar-refractivity contribution in [2.45, 2.75) is 25.2 Å². The molecule has 0 bridgehead atoms. The first-order chi connectivity index (χ1) is 13.0. The van der Waals surface area contributed by atoms with Crippen LogP contribution in [-0.4, -0.2) is 35.0 Å². The van der Waals surface area contributed by atoms with Gasteiger partial charge < -0.3 is 0 Å². The Labute approximate surface area is 165 Å². The molecule has 2 aromatic carbocycles. The average molecular weight is 423 g/mol. The number of hydrogen-bond donors (Lipinski definition) is 1. The second kappa shape index (κ2) is 7.31. The van der Waals surface area contributed by atoms with Gasteiger partial charge in [-0.3, -0.25) is 4.79 Å². The number of nitrogens with one attached hydrogen (secondary N) is 1. The number of hydrogen-bond acceptors (Lipinski definition) is 5. The van der Waals surface area contributed by atoms with Crippen LogP contribution in [0.2, 0.25) is 0 Å². The van der Waals surface area contributed by atoms with Crippen LogP contribution in [0, 0.1) is 5.41 Å². The Morgan fingerprint density at radius 3 is 2.18 bits per heavy atom. The SMILES string of the molecule is CC1(C)CS(=O)(=O)N(c2ccc(S(=O)(=O)NCCc3ccccc3)cc2)C1=O. The van der Waals surface area contributed by atoms with Crippen LogP contribution in [-0.2, 0) is 31.3 Å². The van der Waals surface area contributed by atoms with E-state index in [2.05, 4.69) is 4.72 Å². The predicted molar refractivity (Wildman–Crippen MR) is 107 cm³/mol. The van der Waals surface area contributed by atoms with Crippen molar-refractivity contribution in [3.05, 3.63) is 60.2 Å². The second-order valence-electron chi connectivity index (χ2n) is 7.34. The van der Waals surface area contributed by atoms with E-state index in [4.69, 9.17) is 0 Å². The van der Waals surface area contributed by atoms with Gasteiger partial charge in [-0.1, -0.05) is 30.3 Å². The maximum Gasteiger partial charge on any atom is 0.247 e. The molecule has 3 rings (SSSR count). The highest BCUT2D eigenvalue weighted by atomic mass is 32.2. The van der Waals surface area contributed by atoms with Crippen LogP contribution in [0.25, 0.3) is 0 Å². The van der Waals surface area contributed by atoms with Gasteiger partial charge in [-0.2, -0.15) is 0 Å². The molecule has 1 aliphatic heterocycles. The Hall–Kier alpha value is -2.23. The van der Waals surface area contributed by atoms with Crippen molar-refractivity contribution in [3.63, 3.8) is 0 Å². The minimum atomic E-state index is -3.77. The molecule has 0 radical (unpaired) electrons. The van der Waals surface area contributed by atoms with E-state index in [1.54, 1.807) is 13.8 Å². The Bertz CT molecular complexity index is 1080. The first kappa shape index (κ1) is 20.5. The number of carbonyl (C=O) groups excluding carboxylic acids is 1. The molecule has 0 aliphatic carbocycles. The topological polar surface area (TPSA) is 101 Å². The van der Waals surface area contributed by atoms with Crippen LogP contribution < -0.4 is 9.03 Å². The zero-order valence-corrected chi connectivity index (χ0v) is 17.3. The third-order valence-electron chi connectivity index (χ3n) is 4.51. The Morgan fingerprint density at radius 1 is 1.04 bits per heavy atom. The van der Waals surface area contributed by atoms with Gasteiger partial charge in [0.1, 0.15) is 0 Å². The Morgan fingerprint density at radius 2 is 1.64 bits per heavy atom. The summed E-state index contributed by atoms with van der Waals surface area (Å²) in [4.78, 5) is 12.4. The van der Waals surface area contributed by atoms with Gasteiger partial charge in [0, 0.05) is 6.54 Å². The highest BCUT2D eigenvalue weighted by Gasteiger charge is 2.49. The van der Waals surface area contributed by atoms with Crippen molar-refractivity contribution in [2.75, 3.05) is 16.6 Å². The molecule has 2 aromatic rings. The van der Waals surface area contributed by atoms with Gasteiger partial charge in [0.25, 0.3) is 0 Å².